The van der Waals surface area contributed by atoms with Crippen LogP contribution in [0.1, 0.15) is 34.5 Å². The number of carbonyl (C=O) groups is 3. The lowest BCUT2D eigenvalue weighted by Gasteiger charge is -2.29. The van der Waals surface area contributed by atoms with Crippen LogP contribution in [0.15, 0.2) is 60.8 Å². The molecule has 0 spiro atoms. The molecule has 10 nitrogen and oxygen atoms in total. The van der Waals surface area contributed by atoms with Gasteiger partial charge in [-0.3, -0.25) is 14.5 Å². The average molecular weight is 571 g/mol. The number of nitrogens with one attached hydrogen (secondary N) is 4. The molecular formula is C30H30N6O4S. The van der Waals surface area contributed by atoms with E-state index in [1.165, 1.54) is 11.3 Å². The Balaban J connectivity index is 1.28. The lowest BCUT2D eigenvalue weighted by Crippen LogP contribution is -2.50. The van der Waals surface area contributed by atoms with E-state index in [-0.39, 0.29) is 36.5 Å². The first-order valence-corrected chi connectivity index (χ1v) is 14.4. The monoisotopic (exact) mass is 570 g/mol. The van der Waals surface area contributed by atoms with Gasteiger partial charge in [-0.25, -0.2) is 9.78 Å². The van der Waals surface area contributed by atoms with Crippen molar-refractivity contribution >= 4 is 56.5 Å². The zero-order valence-corrected chi connectivity index (χ0v) is 23.5. The molecule has 41 heavy (non-hydrogen) atoms. The van der Waals surface area contributed by atoms with Gasteiger partial charge in [0.25, 0.3) is 5.91 Å². The lowest BCUT2D eigenvalue weighted by atomic mass is 10.1. The van der Waals surface area contributed by atoms with Crippen LogP contribution in [-0.4, -0.2) is 48.5 Å². The van der Waals surface area contributed by atoms with Crippen LogP contribution in [0.4, 0.5) is 21.9 Å². The second kappa shape index (κ2) is 11.2. The fourth-order valence-electron chi connectivity index (χ4n) is 5.51. The maximum absolute atomic E-state index is 13.6. The van der Waals surface area contributed by atoms with E-state index in [9.17, 15) is 14.4 Å². The molecule has 1 fully saturated rings. The second-order valence-corrected chi connectivity index (χ2v) is 11.2. The number of hydrogen-bond acceptors (Lipinski definition) is 7. The molecule has 1 aliphatic carbocycles. The molecule has 6 rings (SSSR count). The van der Waals surface area contributed by atoms with Crippen LogP contribution in [0.2, 0.25) is 0 Å². The number of nitrogens with zero attached hydrogens (tertiary/aromatic N) is 2. The molecule has 4 amide bonds. The van der Waals surface area contributed by atoms with Crippen molar-refractivity contribution in [2.45, 2.75) is 38.3 Å². The molecule has 3 heterocycles. The standard InChI is InChI=1S/C30H30N6O4S/c1-17-15-19(40-18-7-4-3-5-8-18)11-12-22(17)36-23-13-14-32-29-25(23)26(35-30(36)39)27(41-29)28(38)34-21-10-6-9-20(21)33-24(37)16-31-2/h3-5,7-8,11-15,20-21,31H,6,9-10,16H2,1-2H3,(H,33,37)(H,34,38)(H,35,39)/t20-,21+/m0/s1. The summed E-state index contributed by atoms with van der Waals surface area (Å²) in [5.74, 6) is 0.995. The summed E-state index contributed by atoms with van der Waals surface area (Å²) in [7, 11) is 1.72. The predicted octanol–water partition coefficient (Wildman–Crippen LogP) is 5.07. The van der Waals surface area contributed by atoms with Crippen molar-refractivity contribution in [1.29, 1.82) is 0 Å². The Morgan fingerprint density at radius 3 is 2.59 bits per heavy atom. The topological polar surface area (TPSA) is 125 Å². The number of likely N-dealkylation sites (N-methyl/N-ethyl adjacent to an activating group) is 1. The first-order chi connectivity index (χ1) is 19.9. The van der Waals surface area contributed by atoms with Gasteiger partial charge < -0.3 is 26.0 Å². The Labute approximate surface area is 241 Å². The van der Waals surface area contributed by atoms with Crippen molar-refractivity contribution in [2.75, 3.05) is 23.8 Å². The third kappa shape index (κ3) is 5.21. The van der Waals surface area contributed by atoms with Gasteiger partial charge in [0.15, 0.2) is 0 Å². The SMILES string of the molecule is CNCC(=O)N[C@H]1CCC[C@H]1NC(=O)c1sc2nccc3c2c1NC(=O)N3c1ccc(Oc2ccccc2)cc1C. The van der Waals surface area contributed by atoms with Gasteiger partial charge in [-0.2, -0.15) is 0 Å². The molecular weight excluding hydrogens is 540 g/mol. The number of amides is 4. The molecule has 4 N–H and O–H groups in total. The molecule has 0 bridgehead atoms. The summed E-state index contributed by atoms with van der Waals surface area (Å²) in [6.07, 6.45) is 4.12. The first kappa shape index (κ1) is 26.7. The highest BCUT2D eigenvalue weighted by molar-refractivity contribution is 7.21. The molecule has 11 heteroatoms. The number of para-hydroxylation sites is 1. The third-order valence-electron chi connectivity index (χ3n) is 7.36. The molecule has 4 aromatic rings. The number of ether oxygens (including phenoxy) is 1. The molecule has 2 aromatic heterocycles. The molecule has 1 aliphatic heterocycles. The van der Waals surface area contributed by atoms with Crippen LogP contribution >= 0.6 is 11.3 Å². The van der Waals surface area contributed by atoms with Crippen LogP contribution < -0.4 is 30.9 Å². The zero-order valence-electron chi connectivity index (χ0n) is 22.7. The number of aryl methyl sites for hydroxylation is 1. The van der Waals surface area contributed by atoms with Crippen molar-refractivity contribution in [3.63, 3.8) is 0 Å². The largest absolute Gasteiger partial charge is 0.457 e. The third-order valence-corrected chi connectivity index (χ3v) is 8.45. The highest BCUT2D eigenvalue weighted by Crippen LogP contribution is 2.46. The van der Waals surface area contributed by atoms with Gasteiger partial charge in [0, 0.05) is 18.3 Å². The Hall–Kier alpha value is -4.48. The summed E-state index contributed by atoms with van der Waals surface area (Å²) in [4.78, 5) is 46.4. The minimum atomic E-state index is -0.365. The lowest BCUT2D eigenvalue weighted by molar-refractivity contribution is -0.120. The maximum Gasteiger partial charge on any atom is 0.331 e. The number of benzene rings is 2. The minimum absolute atomic E-state index is 0.105. The number of hydrogen-bond donors (Lipinski definition) is 4. The molecule has 0 saturated heterocycles. The molecule has 1 saturated carbocycles. The van der Waals surface area contributed by atoms with Gasteiger partial charge in [0.1, 0.15) is 21.2 Å². The van der Waals surface area contributed by atoms with Crippen molar-refractivity contribution < 1.29 is 19.1 Å². The van der Waals surface area contributed by atoms with Gasteiger partial charge in [-0.05, 0) is 75.2 Å². The van der Waals surface area contributed by atoms with Crippen molar-refractivity contribution in [1.82, 2.24) is 20.9 Å². The van der Waals surface area contributed by atoms with Crippen LogP contribution in [0.25, 0.3) is 10.2 Å². The smallest absolute Gasteiger partial charge is 0.331 e. The Morgan fingerprint density at radius 2 is 1.83 bits per heavy atom. The number of urea groups is 1. The number of thiophene rings is 1. The Bertz CT molecular complexity index is 1640. The van der Waals surface area contributed by atoms with Gasteiger partial charge in [0.05, 0.1) is 29.0 Å². The molecule has 2 aliphatic rings. The summed E-state index contributed by atoms with van der Waals surface area (Å²) in [5, 5.41) is 12.6. The fraction of sp³-hybridized carbons (Fsp3) is 0.267. The van der Waals surface area contributed by atoms with E-state index in [1.807, 2.05) is 55.5 Å². The normalized spacial score (nSPS) is 17.8. The van der Waals surface area contributed by atoms with Crippen LogP contribution in [0.3, 0.4) is 0 Å². The van der Waals surface area contributed by atoms with Crippen molar-refractivity contribution in [2.24, 2.45) is 0 Å². The molecule has 0 radical (unpaired) electrons. The van der Waals surface area contributed by atoms with Gasteiger partial charge in [-0.15, -0.1) is 11.3 Å². The Kier molecular flexibility index (Phi) is 7.29. The average Bonchev–Trinajstić information content (AvgIpc) is 3.55. The highest BCUT2D eigenvalue weighted by Gasteiger charge is 2.35. The number of aromatic nitrogens is 1. The summed E-state index contributed by atoms with van der Waals surface area (Å²) in [6, 6.07) is 16.2. The highest BCUT2D eigenvalue weighted by atomic mass is 32.1. The first-order valence-electron chi connectivity index (χ1n) is 13.5. The van der Waals surface area contributed by atoms with Crippen molar-refractivity contribution in [3.8, 4) is 11.5 Å². The van der Waals surface area contributed by atoms with E-state index < -0.39 is 0 Å². The summed E-state index contributed by atoms with van der Waals surface area (Å²) < 4.78 is 5.97. The van der Waals surface area contributed by atoms with Gasteiger partial charge in [0.2, 0.25) is 5.91 Å². The zero-order chi connectivity index (χ0) is 28.5. The van der Waals surface area contributed by atoms with Crippen LogP contribution in [0.5, 0.6) is 11.5 Å². The number of anilines is 3. The van der Waals surface area contributed by atoms with E-state index in [0.717, 1.165) is 36.0 Å². The van der Waals surface area contributed by atoms with E-state index in [0.29, 0.717) is 32.5 Å². The van der Waals surface area contributed by atoms with Gasteiger partial charge >= 0.3 is 6.03 Å². The Morgan fingerprint density at radius 1 is 1.05 bits per heavy atom. The maximum atomic E-state index is 13.6. The summed E-state index contributed by atoms with van der Waals surface area (Å²) in [6.45, 7) is 2.14. The van der Waals surface area contributed by atoms with Crippen LogP contribution in [-0.2, 0) is 4.79 Å². The summed E-state index contributed by atoms with van der Waals surface area (Å²) >= 11 is 1.24. The van der Waals surface area contributed by atoms with E-state index in [1.54, 1.807) is 24.2 Å². The quantitative estimate of drug-likeness (QED) is 0.235. The summed E-state index contributed by atoms with van der Waals surface area (Å²) in [5.41, 5.74) is 2.66. The van der Waals surface area contributed by atoms with Crippen molar-refractivity contribution in [3.05, 3.63) is 71.2 Å². The second-order valence-electron chi connectivity index (χ2n) is 10.2. The van der Waals surface area contributed by atoms with Gasteiger partial charge in [-0.1, -0.05) is 18.2 Å². The molecule has 0 unspecified atom stereocenters. The molecule has 2 atom stereocenters. The predicted molar refractivity (Wildman–Crippen MR) is 159 cm³/mol. The number of rotatable bonds is 8. The molecule has 2 aromatic carbocycles. The minimum Gasteiger partial charge on any atom is -0.457 e. The van der Waals surface area contributed by atoms with E-state index in [4.69, 9.17) is 4.74 Å². The number of carbonyl (C=O) groups excluding carboxylic acids is 3. The molecule has 210 valence electrons. The van der Waals surface area contributed by atoms with E-state index >= 15 is 0 Å². The fourth-order valence-corrected chi connectivity index (χ4v) is 6.53. The van der Waals surface area contributed by atoms with E-state index in [2.05, 4.69) is 26.3 Å². The van der Waals surface area contributed by atoms with Crippen LogP contribution in [0, 0.1) is 6.92 Å². The number of pyridine rings is 1.